The van der Waals surface area contributed by atoms with Gasteiger partial charge in [-0.3, -0.25) is 9.78 Å². The van der Waals surface area contributed by atoms with Crippen LogP contribution < -0.4 is 9.26 Å². The Kier molecular flexibility index (Phi) is 12.8. The third-order valence-corrected chi connectivity index (χ3v) is 13.3. The van der Waals surface area contributed by atoms with Crippen LogP contribution in [0.3, 0.4) is 0 Å². The van der Waals surface area contributed by atoms with Crippen LogP contribution in [0.4, 0.5) is 4.39 Å². The minimum Gasteiger partial charge on any atom is -0.480 e. The molecule has 1 aliphatic heterocycles. The number of hydrogen-bond donors (Lipinski definition) is 1. The molecule has 4 aromatic rings. The quantitative estimate of drug-likeness (QED) is 0.0753. The van der Waals surface area contributed by atoms with E-state index < -0.39 is 50.8 Å². The van der Waals surface area contributed by atoms with Gasteiger partial charge in [0.2, 0.25) is 0 Å². The molecular weight excluding hydrogens is 773 g/mol. The summed E-state index contributed by atoms with van der Waals surface area (Å²) in [4.78, 5) is 29.1. The van der Waals surface area contributed by atoms with E-state index in [2.05, 4.69) is 67.3 Å². The number of fused-ring (bicyclic) bond motifs is 1. The Labute approximate surface area is 343 Å². The van der Waals surface area contributed by atoms with E-state index in [1.165, 1.54) is 12.1 Å². The van der Waals surface area contributed by atoms with Gasteiger partial charge in [-0.15, -0.1) is 0 Å². The van der Waals surface area contributed by atoms with E-state index in [9.17, 15) is 18.6 Å². The van der Waals surface area contributed by atoms with Gasteiger partial charge >= 0.3 is 13.6 Å². The van der Waals surface area contributed by atoms with Crippen LogP contribution >= 0.6 is 7.60 Å². The topological polar surface area (TPSA) is 113 Å². The summed E-state index contributed by atoms with van der Waals surface area (Å²) >= 11 is 0. The van der Waals surface area contributed by atoms with Crippen LogP contribution in [0.15, 0.2) is 78.9 Å². The molecule has 1 unspecified atom stereocenters. The van der Waals surface area contributed by atoms with Crippen LogP contribution in [-0.2, 0) is 23.6 Å². The second kappa shape index (κ2) is 17.0. The molecule has 1 aromatic heterocycles. The van der Waals surface area contributed by atoms with E-state index in [0.29, 0.717) is 24.3 Å². The predicted molar refractivity (Wildman–Crippen MR) is 230 cm³/mol. The molecule has 0 spiro atoms. The third-order valence-electron chi connectivity index (χ3n) is 10.6. The smallest absolute Gasteiger partial charge is 0.413 e. The van der Waals surface area contributed by atoms with Crippen molar-refractivity contribution in [2.45, 2.75) is 117 Å². The lowest BCUT2D eigenvalue weighted by atomic mass is 9.69. The van der Waals surface area contributed by atoms with Gasteiger partial charge in [0.05, 0.1) is 36.4 Å². The van der Waals surface area contributed by atoms with Gasteiger partial charge in [-0.1, -0.05) is 104 Å². The number of pyridine rings is 1. The largest absolute Gasteiger partial charge is 0.480 e. The molecule has 2 fully saturated rings. The second-order valence-corrected chi connectivity index (χ2v) is 26.2. The zero-order valence-electron chi connectivity index (χ0n) is 35.3. The lowest BCUT2D eigenvalue weighted by molar-refractivity contribution is -0.389. The summed E-state index contributed by atoms with van der Waals surface area (Å²) in [7, 11) is -5.55. The molecule has 0 bridgehead atoms. The number of nitrogens with zero attached hydrogens (tertiary/aromatic N) is 1. The lowest BCUT2D eigenvalue weighted by Gasteiger charge is -2.57. The molecule has 58 heavy (non-hydrogen) atoms. The Morgan fingerprint density at radius 1 is 0.966 bits per heavy atom. The average Bonchev–Trinajstić information content (AvgIpc) is 3.97. The van der Waals surface area contributed by atoms with Crippen LogP contribution in [0.1, 0.15) is 84.4 Å². The fourth-order valence-corrected chi connectivity index (χ4v) is 9.31. The van der Waals surface area contributed by atoms with E-state index in [-0.39, 0.29) is 29.9 Å². The second-order valence-electron chi connectivity index (χ2n) is 18.9. The summed E-state index contributed by atoms with van der Waals surface area (Å²) in [6.07, 6.45) is 5.16. The summed E-state index contributed by atoms with van der Waals surface area (Å²) in [5.74, 6) is -0.830. The Morgan fingerprint density at radius 3 is 2.26 bits per heavy atom. The molecule has 1 N–H and O–H groups in total. The molecule has 0 radical (unpaired) electrons. The number of carbonyl (C=O) groups excluding carboxylic acids is 1. The van der Waals surface area contributed by atoms with Crippen molar-refractivity contribution >= 4 is 38.6 Å². The number of aromatic nitrogens is 1. The third kappa shape index (κ3) is 10.7. The Balaban J connectivity index is 1.39. The molecule has 2 aliphatic rings. The van der Waals surface area contributed by atoms with E-state index in [1.807, 2.05) is 12.1 Å². The van der Waals surface area contributed by atoms with Crippen LogP contribution in [0, 0.1) is 16.6 Å². The van der Waals surface area contributed by atoms with Crippen LogP contribution in [0.2, 0.25) is 25.7 Å². The van der Waals surface area contributed by atoms with Crippen molar-refractivity contribution in [3.63, 3.8) is 0 Å². The first-order chi connectivity index (χ1) is 27.1. The minimum absolute atomic E-state index is 0.110. The summed E-state index contributed by atoms with van der Waals surface area (Å²) in [5.41, 5.74) is 3.18. The molecular formula is C46H59FNO8PSi. The molecule has 2 heterocycles. The van der Waals surface area contributed by atoms with Gasteiger partial charge in [-0.25, -0.2) is 8.96 Å². The normalized spacial score (nSPS) is 19.8. The highest BCUT2D eigenvalue weighted by Crippen LogP contribution is 2.53. The Morgan fingerprint density at radius 2 is 1.64 bits per heavy atom. The van der Waals surface area contributed by atoms with Crippen molar-refractivity contribution in [1.29, 1.82) is 0 Å². The molecule has 1 saturated carbocycles. The van der Waals surface area contributed by atoms with Crippen molar-refractivity contribution in [1.82, 2.24) is 4.98 Å². The fourth-order valence-electron chi connectivity index (χ4n) is 7.78. The number of halogens is 1. The molecule has 3 atom stereocenters. The van der Waals surface area contributed by atoms with Gasteiger partial charge in [-0.2, -0.15) is 0 Å². The predicted octanol–water partition coefficient (Wildman–Crippen LogP) is 11.8. The fraction of sp³-hybridized carbons (Fsp3) is 0.478. The first kappa shape index (κ1) is 43.7. The van der Waals surface area contributed by atoms with E-state index in [4.69, 9.17) is 28.5 Å². The highest BCUT2D eigenvalue weighted by Gasteiger charge is 2.58. The average molecular weight is 832 g/mol. The van der Waals surface area contributed by atoms with Crippen LogP contribution in [0.25, 0.3) is 28.1 Å². The van der Waals surface area contributed by atoms with Gasteiger partial charge in [0.1, 0.15) is 17.3 Å². The van der Waals surface area contributed by atoms with E-state index >= 15 is 0 Å². The molecule has 312 valence electrons. The highest BCUT2D eigenvalue weighted by molar-refractivity contribution is 7.53. The van der Waals surface area contributed by atoms with Crippen molar-refractivity contribution in [2.24, 2.45) is 10.8 Å². The summed E-state index contributed by atoms with van der Waals surface area (Å²) in [6, 6.07) is 21.1. The van der Waals surface area contributed by atoms with Crippen LogP contribution in [0.5, 0.6) is 11.5 Å². The number of esters is 1. The van der Waals surface area contributed by atoms with Crippen molar-refractivity contribution in [2.75, 3.05) is 13.0 Å². The maximum absolute atomic E-state index is 14.4. The molecule has 6 rings (SSSR count). The Hall–Kier alpha value is -3.86. The standard InChI is InChI=1S/C46H59FNO8PSi/c1-44(2,3)46(45(4,5)6)54-36(27-37(55-46)29-41(49)52-25-26-58(7,8)9)21-23-38-42(31-17-19-33(47)20-18-31)39-28-35(22-24-40(39)48-43(38)32-15-16-32)53-30-57(50,51)56-34-13-11-10-12-14-34/h10-14,17-24,28,32,36-37H,15-16,25-27,29-30H2,1-9H3,(H,50,51)/b23-21+/t36-,37-/m1/s1. The molecule has 12 heteroatoms. The maximum Gasteiger partial charge on any atom is 0.413 e. The van der Waals surface area contributed by atoms with Gasteiger partial charge in [-0.05, 0) is 66.9 Å². The summed E-state index contributed by atoms with van der Waals surface area (Å²) < 4.78 is 58.3. The number of rotatable bonds is 14. The SMILES string of the molecule is CC(C)(C)C1(C(C)(C)C)O[C@@H](CC(=O)OCC[Si](C)(C)C)C[C@@H](/C=C/c2c(C3CC3)nc3ccc(OCP(=O)(O)Oc4ccccc4)cc3c2-c2ccc(F)cc2)O1. The van der Waals surface area contributed by atoms with Gasteiger partial charge < -0.3 is 28.4 Å². The molecule has 1 saturated heterocycles. The van der Waals surface area contributed by atoms with Gasteiger partial charge in [0.25, 0.3) is 0 Å². The highest BCUT2D eigenvalue weighted by atomic mass is 31.2. The number of ether oxygens (including phenoxy) is 4. The first-order valence-electron chi connectivity index (χ1n) is 20.3. The number of benzene rings is 3. The molecule has 3 aromatic carbocycles. The lowest BCUT2D eigenvalue weighted by Crippen LogP contribution is -2.63. The monoisotopic (exact) mass is 831 g/mol. The maximum atomic E-state index is 14.4. The van der Waals surface area contributed by atoms with Crippen LogP contribution in [-0.4, -0.2) is 54.9 Å². The molecule has 9 nitrogen and oxygen atoms in total. The van der Waals surface area contributed by atoms with Crippen molar-refractivity contribution < 1.29 is 42.1 Å². The van der Waals surface area contributed by atoms with E-state index in [1.54, 1.807) is 54.6 Å². The summed E-state index contributed by atoms with van der Waals surface area (Å²) in [5, 5.41) is 0.732. The van der Waals surface area contributed by atoms with E-state index in [0.717, 1.165) is 46.7 Å². The number of para-hydroxylation sites is 1. The van der Waals surface area contributed by atoms with Crippen molar-refractivity contribution in [3.05, 3.63) is 95.9 Å². The summed E-state index contributed by atoms with van der Waals surface area (Å²) in [6.45, 7) is 19.8. The Bertz CT molecular complexity index is 2140. The minimum atomic E-state index is -4.17. The van der Waals surface area contributed by atoms with Gasteiger partial charge in [0, 0.05) is 47.8 Å². The number of carbonyl (C=O) groups is 1. The zero-order valence-corrected chi connectivity index (χ0v) is 37.2. The molecule has 1 aliphatic carbocycles. The van der Waals surface area contributed by atoms with Crippen molar-refractivity contribution in [3.8, 4) is 22.6 Å². The molecule has 0 amide bonds. The first-order valence-corrected chi connectivity index (χ1v) is 25.7. The number of hydrogen-bond acceptors (Lipinski definition) is 8. The zero-order chi connectivity index (χ0) is 42.1. The van der Waals surface area contributed by atoms with Gasteiger partial charge in [0.15, 0.2) is 12.1 Å².